The van der Waals surface area contributed by atoms with Crippen LogP contribution in [0.3, 0.4) is 0 Å². The van der Waals surface area contributed by atoms with Gasteiger partial charge in [0.2, 0.25) is 11.8 Å². The van der Waals surface area contributed by atoms with Crippen LogP contribution in [0.15, 0.2) is 48.5 Å². The van der Waals surface area contributed by atoms with Gasteiger partial charge in [0.25, 0.3) is 0 Å². The molecule has 2 amide bonds. The molecule has 1 saturated heterocycles. The molecule has 5 nitrogen and oxygen atoms in total. The lowest BCUT2D eigenvalue weighted by Crippen LogP contribution is -2.39. The molecule has 1 fully saturated rings. The van der Waals surface area contributed by atoms with Crippen molar-refractivity contribution in [1.29, 1.82) is 0 Å². The number of nitrogens with one attached hydrogen (secondary N) is 1. The molecule has 0 aromatic heterocycles. The van der Waals surface area contributed by atoms with E-state index >= 15 is 0 Å². The number of likely N-dealkylation sites (tertiary alicyclic amines) is 1. The maximum Gasteiger partial charge on any atom is 0.416 e. The zero-order valence-corrected chi connectivity index (χ0v) is 15.7. The molecule has 0 saturated carbocycles. The Labute approximate surface area is 166 Å². The number of carbonyl (C=O) groups is 2. The molecule has 29 heavy (non-hydrogen) atoms. The van der Waals surface area contributed by atoms with E-state index < -0.39 is 17.6 Å². The van der Waals surface area contributed by atoms with E-state index in [1.165, 1.54) is 12.1 Å². The number of hydrogen-bond donors (Lipinski definition) is 2. The molecule has 1 aliphatic heterocycles. The van der Waals surface area contributed by atoms with Crippen LogP contribution in [0.4, 0.5) is 18.9 Å². The van der Waals surface area contributed by atoms with Crippen LogP contribution in [0.2, 0.25) is 0 Å². The summed E-state index contributed by atoms with van der Waals surface area (Å²) >= 11 is 0. The minimum atomic E-state index is -4.45. The Hall–Kier alpha value is -2.87. The van der Waals surface area contributed by atoms with Crippen molar-refractivity contribution in [2.75, 3.05) is 11.9 Å². The zero-order valence-electron chi connectivity index (χ0n) is 15.7. The van der Waals surface area contributed by atoms with Crippen LogP contribution in [0, 0.1) is 0 Å². The molecule has 0 spiro atoms. The number of nitrogens with two attached hydrogens (primary N) is 1. The number of hydrogen-bond acceptors (Lipinski definition) is 3. The Morgan fingerprint density at radius 2 is 1.90 bits per heavy atom. The Kier molecular flexibility index (Phi) is 6.22. The first-order valence-electron chi connectivity index (χ1n) is 9.31. The van der Waals surface area contributed by atoms with Crippen molar-refractivity contribution in [2.45, 2.75) is 38.0 Å². The van der Waals surface area contributed by atoms with Crippen LogP contribution in [0.1, 0.15) is 29.5 Å². The van der Waals surface area contributed by atoms with E-state index in [1.807, 2.05) is 17.0 Å². The molecule has 2 aromatic carbocycles. The Balaban J connectivity index is 1.69. The summed E-state index contributed by atoms with van der Waals surface area (Å²) in [4.78, 5) is 26.0. The second kappa shape index (κ2) is 8.65. The van der Waals surface area contributed by atoms with Crippen LogP contribution in [0.25, 0.3) is 0 Å². The molecule has 1 heterocycles. The van der Waals surface area contributed by atoms with E-state index in [-0.39, 0.29) is 23.9 Å². The van der Waals surface area contributed by atoms with E-state index in [0.29, 0.717) is 18.7 Å². The van der Waals surface area contributed by atoms with E-state index in [2.05, 4.69) is 5.32 Å². The fourth-order valence-corrected chi connectivity index (χ4v) is 3.57. The summed E-state index contributed by atoms with van der Waals surface area (Å²) < 4.78 is 38.5. The molecule has 1 atom stereocenters. The van der Waals surface area contributed by atoms with Crippen molar-refractivity contribution in [3.63, 3.8) is 0 Å². The number of benzene rings is 2. The van der Waals surface area contributed by atoms with E-state index in [9.17, 15) is 22.8 Å². The number of anilines is 1. The maximum absolute atomic E-state index is 12.8. The monoisotopic (exact) mass is 405 g/mol. The minimum absolute atomic E-state index is 0.175. The van der Waals surface area contributed by atoms with Crippen molar-refractivity contribution in [3.05, 3.63) is 65.2 Å². The number of halogens is 3. The van der Waals surface area contributed by atoms with Crippen LogP contribution < -0.4 is 11.1 Å². The summed E-state index contributed by atoms with van der Waals surface area (Å²) in [5.41, 5.74) is 6.34. The largest absolute Gasteiger partial charge is 0.416 e. The topological polar surface area (TPSA) is 75.4 Å². The van der Waals surface area contributed by atoms with Gasteiger partial charge >= 0.3 is 6.18 Å². The average Bonchev–Trinajstić information content (AvgIpc) is 3.11. The molecule has 154 valence electrons. The fraction of sp³-hybridized carbons (Fsp3) is 0.333. The van der Waals surface area contributed by atoms with Gasteiger partial charge in [0, 0.05) is 12.2 Å². The second-order valence-corrected chi connectivity index (χ2v) is 7.11. The summed E-state index contributed by atoms with van der Waals surface area (Å²) in [6.07, 6.45) is -3.05. The van der Waals surface area contributed by atoms with Gasteiger partial charge in [0.1, 0.15) is 0 Å². The number of para-hydroxylation sites is 1. The lowest BCUT2D eigenvalue weighted by Gasteiger charge is -2.23. The van der Waals surface area contributed by atoms with Gasteiger partial charge < -0.3 is 11.1 Å². The standard InChI is InChI=1S/C21H22F3N3O2/c22-21(23,24)16-7-3-5-14(11-16)12-19(28)26-17-8-2-1-6-15(17)13-27-10-4-9-18(27)20(25)29/h1-3,5-8,11,18H,4,9-10,12-13H2,(H2,25,29)(H,26,28). The molecule has 0 bridgehead atoms. The van der Waals surface area contributed by atoms with Gasteiger partial charge in [0.15, 0.2) is 0 Å². The van der Waals surface area contributed by atoms with Crippen molar-refractivity contribution < 1.29 is 22.8 Å². The predicted octanol–water partition coefficient (Wildman–Crippen LogP) is 3.34. The fourth-order valence-electron chi connectivity index (χ4n) is 3.57. The number of nitrogens with zero attached hydrogens (tertiary/aromatic N) is 1. The molecule has 0 aliphatic carbocycles. The molecular formula is C21H22F3N3O2. The first-order chi connectivity index (χ1) is 13.7. The first kappa shape index (κ1) is 20.9. The molecule has 1 unspecified atom stereocenters. The third kappa shape index (κ3) is 5.35. The SMILES string of the molecule is NC(=O)C1CCCN1Cc1ccccc1NC(=O)Cc1cccc(C(F)(F)F)c1. The maximum atomic E-state index is 12.8. The number of alkyl halides is 3. The van der Waals surface area contributed by atoms with Crippen molar-refractivity contribution >= 4 is 17.5 Å². The van der Waals surface area contributed by atoms with Gasteiger partial charge in [-0.2, -0.15) is 13.2 Å². The first-order valence-corrected chi connectivity index (χ1v) is 9.31. The second-order valence-electron chi connectivity index (χ2n) is 7.11. The highest BCUT2D eigenvalue weighted by Gasteiger charge is 2.31. The minimum Gasteiger partial charge on any atom is -0.368 e. The third-order valence-corrected chi connectivity index (χ3v) is 4.98. The normalized spacial score (nSPS) is 17.3. The highest BCUT2D eigenvalue weighted by Crippen LogP contribution is 2.30. The Bertz CT molecular complexity index is 899. The van der Waals surface area contributed by atoms with Gasteiger partial charge in [-0.3, -0.25) is 14.5 Å². The summed E-state index contributed by atoms with van der Waals surface area (Å²) in [5.74, 6) is -0.779. The molecule has 3 N–H and O–H groups in total. The lowest BCUT2D eigenvalue weighted by molar-refractivity contribution is -0.137. The molecule has 0 radical (unpaired) electrons. The molecule has 1 aliphatic rings. The van der Waals surface area contributed by atoms with E-state index in [1.54, 1.807) is 12.1 Å². The Morgan fingerprint density at radius 1 is 1.14 bits per heavy atom. The average molecular weight is 405 g/mol. The van der Waals surface area contributed by atoms with Gasteiger partial charge in [-0.1, -0.05) is 36.4 Å². The quantitative estimate of drug-likeness (QED) is 0.774. The summed E-state index contributed by atoms with van der Waals surface area (Å²) in [6.45, 7) is 1.19. The van der Waals surface area contributed by atoms with Crippen molar-refractivity contribution in [1.82, 2.24) is 4.90 Å². The highest BCUT2D eigenvalue weighted by atomic mass is 19.4. The predicted molar refractivity (Wildman–Crippen MR) is 103 cm³/mol. The molecule has 2 aromatic rings. The molecular weight excluding hydrogens is 383 g/mol. The van der Waals surface area contributed by atoms with Crippen molar-refractivity contribution in [3.8, 4) is 0 Å². The number of rotatable bonds is 6. The molecule has 3 rings (SSSR count). The van der Waals surface area contributed by atoms with E-state index in [0.717, 1.165) is 30.7 Å². The lowest BCUT2D eigenvalue weighted by atomic mass is 10.1. The highest BCUT2D eigenvalue weighted by molar-refractivity contribution is 5.93. The Morgan fingerprint density at radius 3 is 2.62 bits per heavy atom. The van der Waals surface area contributed by atoms with Crippen molar-refractivity contribution in [2.24, 2.45) is 5.73 Å². The summed E-state index contributed by atoms with van der Waals surface area (Å²) in [5, 5.41) is 2.77. The van der Waals surface area contributed by atoms with Gasteiger partial charge in [0.05, 0.1) is 18.0 Å². The number of primary amides is 1. The van der Waals surface area contributed by atoms with E-state index in [4.69, 9.17) is 5.73 Å². The van der Waals surface area contributed by atoms with Crippen LogP contribution in [-0.4, -0.2) is 29.3 Å². The van der Waals surface area contributed by atoms with Gasteiger partial charge in [-0.05, 0) is 42.6 Å². The zero-order chi connectivity index (χ0) is 21.0. The summed E-state index contributed by atoms with van der Waals surface area (Å²) in [6, 6.07) is 11.6. The molecule has 8 heteroatoms. The number of amides is 2. The number of carbonyl (C=O) groups excluding carboxylic acids is 2. The van der Waals surface area contributed by atoms with Gasteiger partial charge in [-0.15, -0.1) is 0 Å². The van der Waals surface area contributed by atoms with Gasteiger partial charge in [-0.25, -0.2) is 0 Å². The van der Waals surface area contributed by atoms with Crippen LogP contribution in [0.5, 0.6) is 0 Å². The third-order valence-electron chi connectivity index (χ3n) is 4.98. The summed E-state index contributed by atoms with van der Waals surface area (Å²) in [7, 11) is 0. The van der Waals surface area contributed by atoms with Crippen LogP contribution in [-0.2, 0) is 28.7 Å². The van der Waals surface area contributed by atoms with Crippen LogP contribution >= 0.6 is 0 Å². The smallest absolute Gasteiger partial charge is 0.368 e.